The first-order valence-electron chi connectivity index (χ1n) is 7.18. The van der Waals surface area contributed by atoms with Crippen LogP contribution in [0.25, 0.3) is 21.8 Å². The van der Waals surface area contributed by atoms with Gasteiger partial charge >= 0.3 is 0 Å². The smallest absolute Gasteiger partial charge is 0.0494 e. The summed E-state index contributed by atoms with van der Waals surface area (Å²) >= 11 is 3.58. The van der Waals surface area contributed by atoms with E-state index < -0.39 is 0 Å². The highest BCUT2D eigenvalue weighted by molar-refractivity contribution is 9.10. The van der Waals surface area contributed by atoms with Gasteiger partial charge in [-0.15, -0.1) is 0 Å². The van der Waals surface area contributed by atoms with Crippen molar-refractivity contribution in [3.63, 3.8) is 0 Å². The van der Waals surface area contributed by atoms with Crippen molar-refractivity contribution in [2.45, 2.75) is 19.4 Å². The fraction of sp³-hybridized carbons (Fsp3) is 0.158. The van der Waals surface area contributed by atoms with Crippen molar-refractivity contribution in [3.8, 4) is 0 Å². The molecule has 2 aromatic carbocycles. The van der Waals surface area contributed by atoms with Crippen LogP contribution in [-0.4, -0.2) is 4.57 Å². The topological polar surface area (TPSA) is 4.93 Å². The zero-order chi connectivity index (χ0) is 14.8. The molecule has 0 saturated carbocycles. The van der Waals surface area contributed by atoms with Crippen LogP contribution in [-0.2, 0) is 0 Å². The Kier molecular flexibility index (Phi) is 3.98. The molecule has 0 amide bonds. The van der Waals surface area contributed by atoms with Gasteiger partial charge in [-0.3, -0.25) is 0 Å². The predicted octanol–water partition coefficient (Wildman–Crippen LogP) is 6.25. The molecule has 0 saturated heterocycles. The van der Waals surface area contributed by atoms with Crippen LogP contribution in [0.2, 0.25) is 0 Å². The minimum absolute atomic E-state index is 0.407. The largest absolute Gasteiger partial charge is 0.337 e. The second-order valence-electron chi connectivity index (χ2n) is 5.30. The molecule has 1 atom stereocenters. The first kappa shape index (κ1) is 14.2. The zero-order valence-corrected chi connectivity index (χ0v) is 13.7. The van der Waals surface area contributed by atoms with Gasteiger partial charge in [-0.05, 0) is 37.6 Å². The number of halogens is 1. The van der Waals surface area contributed by atoms with Gasteiger partial charge < -0.3 is 4.57 Å². The quantitative estimate of drug-likeness (QED) is 0.495. The normalized spacial score (nSPS) is 13.2. The van der Waals surface area contributed by atoms with Crippen LogP contribution >= 0.6 is 15.9 Å². The van der Waals surface area contributed by atoms with Gasteiger partial charge in [-0.25, -0.2) is 0 Å². The molecule has 0 spiro atoms. The van der Waals surface area contributed by atoms with E-state index in [4.69, 9.17) is 0 Å². The summed E-state index contributed by atoms with van der Waals surface area (Å²) in [5, 5.41) is 2.62. The highest BCUT2D eigenvalue weighted by atomic mass is 79.9. The average Bonchev–Trinajstić information content (AvgIpc) is 2.81. The Hall–Kier alpha value is -1.80. The van der Waals surface area contributed by atoms with E-state index in [1.54, 1.807) is 0 Å². The first-order chi connectivity index (χ1) is 10.2. The van der Waals surface area contributed by atoms with Crippen LogP contribution in [0.3, 0.4) is 0 Å². The highest BCUT2D eigenvalue weighted by Gasteiger charge is 2.14. The lowest BCUT2D eigenvalue weighted by Crippen LogP contribution is -2.03. The van der Waals surface area contributed by atoms with Crippen LogP contribution in [0.4, 0.5) is 0 Å². The molecule has 21 heavy (non-hydrogen) atoms. The molecule has 0 bridgehead atoms. The predicted molar refractivity (Wildman–Crippen MR) is 95.8 cm³/mol. The molecule has 3 aromatic rings. The number of fused-ring (bicyclic) bond motifs is 3. The molecule has 1 nitrogen and oxygen atoms in total. The summed E-state index contributed by atoms with van der Waals surface area (Å²) in [6, 6.07) is 15.6. The van der Waals surface area contributed by atoms with Crippen LogP contribution in [0.5, 0.6) is 0 Å². The summed E-state index contributed by atoms with van der Waals surface area (Å²) in [4.78, 5) is 0. The summed E-state index contributed by atoms with van der Waals surface area (Å²) in [5.41, 5.74) is 2.59. The number of rotatable bonds is 4. The van der Waals surface area contributed by atoms with Gasteiger partial charge in [0, 0.05) is 32.3 Å². The maximum Gasteiger partial charge on any atom is 0.0494 e. The number of allylic oxidation sites excluding steroid dienone is 3. The third kappa shape index (κ3) is 2.56. The minimum Gasteiger partial charge on any atom is -0.337 e. The second-order valence-corrected chi connectivity index (χ2v) is 6.21. The third-order valence-electron chi connectivity index (χ3n) is 3.86. The summed E-state index contributed by atoms with van der Waals surface area (Å²) in [6.07, 6.45) is 7.02. The van der Waals surface area contributed by atoms with E-state index >= 15 is 0 Å². The average molecular weight is 340 g/mol. The van der Waals surface area contributed by atoms with Crippen LogP contribution < -0.4 is 0 Å². The van der Waals surface area contributed by atoms with Crippen molar-refractivity contribution in [2.75, 3.05) is 0 Å². The van der Waals surface area contributed by atoms with E-state index in [0.717, 1.165) is 10.9 Å². The number of hydrogen-bond acceptors (Lipinski definition) is 0. The molecule has 3 rings (SSSR count). The van der Waals surface area contributed by atoms with E-state index in [2.05, 4.69) is 82.5 Å². The van der Waals surface area contributed by atoms with Gasteiger partial charge in [0.15, 0.2) is 0 Å². The molecule has 1 aromatic heterocycles. The van der Waals surface area contributed by atoms with Crippen molar-refractivity contribution in [1.82, 2.24) is 4.57 Å². The molecule has 0 aliphatic heterocycles. The number of hydrogen-bond donors (Lipinski definition) is 0. The van der Waals surface area contributed by atoms with Gasteiger partial charge in [0.2, 0.25) is 0 Å². The van der Waals surface area contributed by atoms with Crippen LogP contribution in [0.15, 0.2) is 71.7 Å². The Morgan fingerprint density at radius 1 is 1.14 bits per heavy atom. The molecule has 1 unspecified atom stereocenters. The molecule has 0 radical (unpaired) electrons. The second kappa shape index (κ2) is 5.90. The fourth-order valence-electron chi connectivity index (χ4n) is 2.93. The molecule has 2 heteroatoms. The maximum atomic E-state index is 3.73. The van der Waals surface area contributed by atoms with E-state index in [-0.39, 0.29) is 0 Å². The van der Waals surface area contributed by atoms with Crippen LogP contribution in [0, 0.1) is 0 Å². The SMILES string of the molecule is C=C/C=C\CC(C)n1c2ccccc2c2cc(Br)ccc21. The van der Waals surface area contributed by atoms with Gasteiger partial charge in [-0.2, -0.15) is 0 Å². The number of benzene rings is 2. The van der Waals surface area contributed by atoms with Crippen molar-refractivity contribution in [1.29, 1.82) is 0 Å². The van der Waals surface area contributed by atoms with Gasteiger partial charge in [-0.1, -0.05) is 58.9 Å². The van der Waals surface area contributed by atoms with E-state index in [0.29, 0.717) is 6.04 Å². The molecule has 106 valence electrons. The van der Waals surface area contributed by atoms with E-state index in [9.17, 15) is 0 Å². The maximum absolute atomic E-state index is 3.73. The van der Waals surface area contributed by atoms with Crippen molar-refractivity contribution in [3.05, 3.63) is 71.7 Å². The monoisotopic (exact) mass is 339 g/mol. The molecule has 0 aliphatic rings. The van der Waals surface area contributed by atoms with Gasteiger partial charge in [0.05, 0.1) is 0 Å². The third-order valence-corrected chi connectivity index (χ3v) is 4.36. The zero-order valence-electron chi connectivity index (χ0n) is 12.1. The molecule has 0 aliphatic carbocycles. The summed E-state index contributed by atoms with van der Waals surface area (Å²) < 4.78 is 3.56. The number of aromatic nitrogens is 1. The van der Waals surface area contributed by atoms with Crippen molar-refractivity contribution < 1.29 is 0 Å². The Morgan fingerprint density at radius 3 is 2.71 bits per heavy atom. The summed E-state index contributed by atoms with van der Waals surface area (Å²) in [6.45, 7) is 6.00. The van der Waals surface area contributed by atoms with E-state index in [1.807, 2.05) is 12.2 Å². The Bertz CT molecular complexity index is 826. The summed E-state index contributed by atoms with van der Waals surface area (Å²) in [5.74, 6) is 0. The first-order valence-corrected chi connectivity index (χ1v) is 7.97. The summed E-state index contributed by atoms with van der Waals surface area (Å²) in [7, 11) is 0. The van der Waals surface area contributed by atoms with Crippen LogP contribution in [0.1, 0.15) is 19.4 Å². The lowest BCUT2D eigenvalue weighted by Gasteiger charge is -2.15. The van der Waals surface area contributed by atoms with Gasteiger partial charge in [0.1, 0.15) is 0 Å². The standard InChI is InChI=1S/C19H18BrN/c1-3-4-5-8-14(2)21-18-10-7-6-9-16(18)17-13-15(20)11-12-19(17)21/h3-7,9-14H,1,8H2,2H3/b5-4-. The molecule has 0 fully saturated rings. The molecular weight excluding hydrogens is 322 g/mol. The van der Waals surface area contributed by atoms with Crippen molar-refractivity contribution >= 4 is 37.7 Å². The Labute approximate surface area is 133 Å². The highest BCUT2D eigenvalue weighted by Crippen LogP contribution is 2.34. The van der Waals surface area contributed by atoms with Crippen molar-refractivity contribution in [2.24, 2.45) is 0 Å². The Balaban J connectivity index is 2.23. The minimum atomic E-state index is 0.407. The lowest BCUT2D eigenvalue weighted by atomic mass is 10.2. The molecule has 0 N–H and O–H groups in total. The number of nitrogens with zero attached hydrogens (tertiary/aromatic N) is 1. The van der Waals surface area contributed by atoms with E-state index in [1.165, 1.54) is 21.8 Å². The molecular formula is C19H18BrN. The Morgan fingerprint density at radius 2 is 1.90 bits per heavy atom. The molecule has 1 heterocycles. The van der Waals surface area contributed by atoms with Gasteiger partial charge in [0.25, 0.3) is 0 Å². The lowest BCUT2D eigenvalue weighted by molar-refractivity contribution is 0.590. The number of para-hydroxylation sites is 1. The fourth-order valence-corrected chi connectivity index (χ4v) is 3.29.